The Labute approximate surface area is 122 Å². The first-order valence-corrected chi connectivity index (χ1v) is 7.70. The van der Waals surface area contributed by atoms with Gasteiger partial charge in [0.2, 0.25) is 0 Å². The number of nitrogens with zero attached hydrogens (tertiary/aromatic N) is 1. The number of β-amino-alcohol motifs (C(OH)–C–C–N with tert-alkyl or cyclic N) is 1. The smallest absolute Gasteiger partial charge is 0.0693 e. The summed E-state index contributed by atoms with van der Waals surface area (Å²) in [6, 6.07) is 6.64. The Morgan fingerprint density at radius 2 is 1.95 bits per heavy atom. The molecular formula is C17H28N2O. The maximum absolute atomic E-state index is 9.93. The third-order valence-corrected chi connectivity index (χ3v) is 4.43. The van der Waals surface area contributed by atoms with Crippen LogP contribution in [0.4, 0.5) is 0 Å². The van der Waals surface area contributed by atoms with E-state index in [1.165, 1.54) is 16.7 Å². The maximum Gasteiger partial charge on any atom is 0.0693 e. The van der Waals surface area contributed by atoms with Crippen LogP contribution < -0.4 is 5.73 Å². The summed E-state index contributed by atoms with van der Waals surface area (Å²) in [5, 5.41) is 9.93. The molecule has 20 heavy (non-hydrogen) atoms. The Morgan fingerprint density at radius 1 is 1.30 bits per heavy atom. The molecule has 0 bridgehead atoms. The lowest BCUT2D eigenvalue weighted by Gasteiger charge is -2.34. The number of hydrogen-bond acceptors (Lipinski definition) is 3. The quantitative estimate of drug-likeness (QED) is 0.888. The molecule has 0 spiro atoms. The van der Waals surface area contributed by atoms with Crippen molar-refractivity contribution >= 4 is 0 Å². The van der Waals surface area contributed by atoms with Crippen LogP contribution in [0.5, 0.6) is 0 Å². The molecule has 3 nitrogen and oxygen atoms in total. The zero-order chi connectivity index (χ0) is 14.7. The second-order valence-corrected chi connectivity index (χ2v) is 6.45. The summed E-state index contributed by atoms with van der Waals surface area (Å²) in [6.45, 7) is 9.21. The summed E-state index contributed by atoms with van der Waals surface area (Å²) in [6.07, 6.45) is 1.85. The first-order chi connectivity index (χ1) is 9.45. The molecule has 3 heteroatoms. The molecule has 1 saturated heterocycles. The van der Waals surface area contributed by atoms with Gasteiger partial charge in [-0.15, -0.1) is 0 Å². The lowest BCUT2D eigenvalue weighted by Crippen LogP contribution is -2.43. The van der Waals surface area contributed by atoms with Crippen molar-refractivity contribution < 1.29 is 5.11 Å². The molecule has 1 heterocycles. The topological polar surface area (TPSA) is 49.5 Å². The monoisotopic (exact) mass is 276 g/mol. The molecule has 0 saturated carbocycles. The van der Waals surface area contributed by atoms with Gasteiger partial charge in [-0.2, -0.15) is 0 Å². The van der Waals surface area contributed by atoms with Gasteiger partial charge in [0.15, 0.2) is 0 Å². The summed E-state index contributed by atoms with van der Waals surface area (Å²) in [5.74, 6) is 0.430. The van der Waals surface area contributed by atoms with E-state index in [1.54, 1.807) is 0 Å². The van der Waals surface area contributed by atoms with E-state index in [1.807, 2.05) is 0 Å². The highest BCUT2D eigenvalue weighted by molar-refractivity contribution is 5.30. The van der Waals surface area contributed by atoms with E-state index in [4.69, 9.17) is 5.73 Å². The van der Waals surface area contributed by atoms with Gasteiger partial charge in [0.25, 0.3) is 0 Å². The van der Waals surface area contributed by atoms with Crippen LogP contribution in [0.1, 0.15) is 42.5 Å². The average molecular weight is 276 g/mol. The number of aryl methyl sites for hydroxylation is 2. The number of rotatable bonds is 4. The van der Waals surface area contributed by atoms with Crippen molar-refractivity contribution in [1.29, 1.82) is 0 Å². The van der Waals surface area contributed by atoms with E-state index >= 15 is 0 Å². The minimum Gasteiger partial charge on any atom is -0.392 e. The van der Waals surface area contributed by atoms with E-state index in [-0.39, 0.29) is 12.1 Å². The third kappa shape index (κ3) is 4.05. The van der Waals surface area contributed by atoms with Crippen molar-refractivity contribution in [3.63, 3.8) is 0 Å². The van der Waals surface area contributed by atoms with Gasteiger partial charge in [0.05, 0.1) is 6.10 Å². The minimum atomic E-state index is -0.179. The van der Waals surface area contributed by atoms with Gasteiger partial charge in [0, 0.05) is 19.1 Å². The average Bonchev–Trinajstić information content (AvgIpc) is 2.38. The fourth-order valence-corrected chi connectivity index (χ4v) is 3.03. The molecule has 0 aromatic heterocycles. The van der Waals surface area contributed by atoms with Crippen LogP contribution in [0.15, 0.2) is 18.2 Å². The summed E-state index contributed by atoms with van der Waals surface area (Å²) in [4.78, 5) is 2.34. The van der Waals surface area contributed by atoms with E-state index in [2.05, 4.69) is 43.9 Å². The molecule has 1 aromatic carbocycles. The second-order valence-electron chi connectivity index (χ2n) is 6.45. The summed E-state index contributed by atoms with van der Waals surface area (Å²) >= 11 is 0. The molecule has 1 aliphatic rings. The molecule has 3 atom stereocenters. The molecule has 1 aromatic rings. The third-order valence-electron chi connectivity index (χ3n) is 4.43. The van der Waals surface area contributed by atoms with Gasteiger partial charge in [-0.25, -0.2) is 0 Å². The largest absolute Gasteiger partial charge is 0.392 e. The predicted octanol–water partition coefficient (Wildman–Crippen LogP) is 2.40. The number of likely N-dealkylation sites (tertiary alicyclic amines) is 1. The van der Waals surface area contributed by atoms with Gasteiger partial charge in [-0.05, 0) is 44.7 Å². The van der Waals surface area contributed by atoms with Crippen molar-refractivity contribution in [2.75, 3.05) is 19.6 Å². The molecular weight excluding hydrogens is 248 g/mol. The molecule has 1 fully saturated rings. The van der Waals surface area contributed by atoms with Gasteiger partial charge >= 0.3 is 0 Å². The van der Waals surface area contributed by atoms with Crippen LogP contribution in [0.3, 0.4) is 0 Å². The fourth-order valence-electron chi connectivity index (χ4n) is 3.03. The Bertz CT molecular complexity index is 426. The number of nitrogens with two attached hydrogens (primary N) is 1. The van der Waals surface area contributed by atoms with E-state index in [0.29, 0.717) is 5.92 Å². The Morgan fingerprint density at radius 3 is 2.55 bits per heavy atom. The standard InChI is InChI=1S/C17H28N2O/c1-12-8-13(2)10-15(9-12)16(18)5-7-19-6-4-14(3)17(20)11-19/h8-10,14,16-17,20H,4-7,11,18H2,1-3H3. The van der Waals surface area contributed by atoms with Crippen molar-refractivity contribution in [3.8, 4) is 0 Å². The van der Waals surface area contributed by atoms with Crippen LogP contribution in [-0.4, -0.2) is 35.7 Å². The van der Waals surface area contributed by atoms with Gasteiger partial charge in [-0.1, -0.05) is 36.2 Å². The number of piperidine rings is 1. The predicted molar refractivity (Wildman–Crippen MR) is 83.7 cm³/mol. The zero-order valence-corrected chi connectivity index (χ0v) is 13.0. The number of hydrogen-bond donors (Lipinski definition) is 2. The molecule has 0 amide bonds. The van der Waals surface area contributed by atoms with Crippen LogP contribution in [0.2, 0.25) is 0 Å². The molecule has 0 radical (unpaired) electrons. The molecule has 2 rings (SSSR count). The summed E-state index contributed by atoms with van der Waals surface area (Å²) in [7, 11) is 0. The fraction of sp³-hybridized carbons (Fsp3) is 0.647. The Balaban J connectivity index is 1.87. The van der Waals surface area contributed by atoms with Crippen LogP contribution in [-0.2, 0) is 0 Å². The van der Waals surface area contributed by atoms with Crippen LogP contribution >= 0.6 is 0 Å². The zero-order valence-electron chi connectivity index (χ0n) is 13.0. The molecule has 112 valence electrons. The normalized spacial score (nSPS) is 25.6. The van der Waals surface area contributed by atoms with Crippen molar-refractivity contribution in [3.05, 3.63) is 34.9 Å². The lowest BCUT2D eigenvalue weighted by molar-refractivity contribution is 0.0282. The SMILES string of the molecule is Cc1cc(C)cc(C(N)CCN2CCC(C)C(O)C2)c1. The number of aliphatic hydroxyl groups excluding tert-OH is 1. The highest BCUT2D eigenvalue weighted by atomic mass is 16.3. The van der Waals surface area contributed by atoms with E-state index < -0.39 is 0 Å². The maximum atomic E-state index is 9.93. The van der Waals surface area contributed by atoms with Crippen LogP contribution in [0.25, 0.3) is 0 Å². The van der Waals surface area contributed by atoms with Gasteiger partial charge < -0.3 is 15.7 Å². The molecule has 0 aliphatic carbocycles. The van der Waals surface area contributed by atoms with Crippen molar-refractivity contribution in [1.82, 2.24) is 4.90 Å². The van der Waals surface area contributed by atoms with E-state index in [0.717, 1.165) is 32.5 Å². The van der Waals surface area contributed by atoms with E-state index in [9.17, 15) is 5.11 Å². The molecule has 3 unspecified atom stereocenters. The lowest BCUT2D eigenvalue weighted by atomic mass is 9.95. The number of benzene rings is 1. The number of aliphatic hydroxyl groups is 1. The van der Waals surface area contributed by atoms with Crippen LogP contribution in [0, 0.1) is 19.8 Å². The highest BCUT2D eigenvalue weighted by Crippen LogP contribution is 2.21. The minimum absolute atomic E-state index is 0.0880. The Kier molecular flexibility index (Phi) is 5.19. The van der Waals surface area contributed by atoms with Gasteiger partial charge in [0.1, 0.15) is 0 Å². The molecule has 1 aliphatic heterocycles. The highest BCUT2D eigenvalue weighted by Gasteiger charge is 2.24. The van der Waals surface area contributed by atoms with Gasteiger partial charge in [-0.3, -0.25) is 0 Å². The second kappa shape index (κ2) is 6.70. The Hall–Kier alpha value is -0.900. The summed E-state index contributed by atoms with van der Waals surface area (Å²) < 4.78 is 0. The summed E-state index contributed by atoms with van der Waals surface area (Å²) in [5.41, 5.74) is 10.1. The van der Waals surface area contributed by atoms with Crippen molar-refractivity contribution in [2.24, 2.45) is 11.7 Å². The first kappa shape index (κ1) is 15.5. The molecule has 3 N–H and O–H groups in total. The van der Waals surface area contributed by atoms with Crippen molar-refractivity contribution in [2.45, 2.75) is 45.8 Å². The first-order valence-electron chi connectivity index (χ1n) is 7.70.